The van der Waals surface area contributed by atoms with Gasteiger partial charge in [0.2, 0.25) is 5.91 Å². The maximum atomic E-state index is 12.6. The highest BCUT2D eigenvalue weighted by Crippen LogP contribution is 2.32. The van der Waals surface area contributed by atoms with Gasteiger partial charge in [-0.3, -0.25) is 14.5 Å². The average Bonchev–Trinajstić information content (AvgIpc) is 3.20. The van der Waals surface area contributed by atoms with Crippen molar-refractivity contribution < 1.29 is 19.1 Å². The third-order valence-electron chi connectivity index (χ3n) is 4.97. The number of rotatable bonds is 3. The molecule has 8 nitrogen and oxygen atoms in total. The summed E-state index contributed by atoms with van der Waals surface area (Å²) in [4.78, 5) is 45.9. The number of anilines is 1. The molecular weight excluding hydrogens is 416 g/mol. The zero-order valence-electron chi connectivity index (χ0n) is 17.7. The van der Waals surface area contributed by atoms with E-state index in [-0.39, 0.29) is 24.5 Å². The molecule has 0 unspecified atom stereocenters. The molecule has 9 heteroatoms. The number of carbonyl (C=O) groups is 3. The molecule has 31 heavy (non-hydrogen) atoms. The predicted octanol–water partition coefficient (Wildman–Crippen LogP) is 3.50. The Balaban J connectivity index is 1.39. The summed E-state index contributed by atoms with van der Waals surface area (Å²) in [6.07, 6.45) is 0.236. The van der Waals surface area contributed by atoms with Crippen molar-refractivity contribution in [3.05, 3.63) is 52.5 Å². The fraction of sp³-hybridized carbons (Fsp3) is 0.364. The number of thiazole rings is 1. The Bertz CT molecular complexity index is 1050. The number of aromatic nitrogens is 1. The van der Waals surface area contributed by atoms with Crippen molar-refractivity contribution in [3.8, 4) is 0 Å². The Morgan fingerprint density at radius 2 is 1.97 bits per heavy atom. The summed E-state index contributed by atoms with van der Waals surface area (Å²) in [7, 11) is 0. The summed E-state index contributed by atoms with van der Waals surface area (Å²) in [5.74, 6) is -0.584. The number of amides is 3. The van der Waals surface area contributed by atoms with Crippen LogP contribution in [0.15, 0.2) is 30.8 Å². The Labute approximate surface area is 184 Å². The van der Waals surface area contributed by atoms with Crippen molar-refractivity contribution in [1.82, 2.24) is 14.8 Å². The van der Waals surface area contributed by atoms with Crippen LogP contribution in [0.3, 0.4) is 0 Å². The fourth-order valence-electron chi connectivity index (χ4n) is 3.54. The third kappa shape index (κ3) is 4.32. The van der Waals surface area contributed by atoms with E-state index in [4.69, 9.17) is 4.74 Å². The minimum absolute atomic E-state index is 0.138. The van der Waals surface area contributed by atoms with Crippen LogP contribution in [-0.4, -0.2) is 51.4 Å². The first-order chi connectivity index (χ1) is 14.6. The van der Waals surface area contributed by atoms with E-state index in [0.29, 0.717) is 35.9 Å². The lowest BCUT2D eigenvalue weighted by Gasteiger charge is -2.29. The summed E-state index contributed by atoms with van der Waals surface area (Å²) in [5.41, 5.74) is 2.12. The van der Waals surface area contributed by atoms with Gasteiger partial charge in [0.25, 0.3) is 5.91 Å². The zero-order chi connectivity index (χ0) is 22.3. The predicted molar refractivity (Wildman–Crippen MR) is 118 cm³/mol. The summed E-state index contributed by atoms with van der Waals surface area (Å²) >= 11 is 1.33. The summed E-state index contributed by atoms with van der Waals surface area (Å²) in [6, 6.07) is 7.17. The van der Waals surface area contributed by atoms with Crippen LogP contribution in [-0.2, 0) is 22.5 Å². The van der Waals surface area contributed by atoms with Gasteiger partial charge in [-0.1, -0.05) is 36.1 Å². The molecule has 0 saturated heterocycles. The highest BCUT2D eigenvalue weighted by atomic mass is 32.1. The van der Waals surface area contributed by atoms with E-state index in [9.17, 15) is 14.4 Å². The number of hydrogen-bond donors (Lipinski definition) is 1. The molecule has 1 aromatic heterocycles. The highest BCUT2D eigenvalue weighted by Gasteiger charge is 2.32. The molecule has 162 valence electrons. The molecule has 0 saturated carbocycles. The molecule has 1 N–H and O–H groups in total. The first-order valence-corrected chi connectivity index (χ1v) is 10.8. The first kappa shape index (κ1) is 21.0. The van der Waals surface area contributed by atoms with Crippen molar-refractivity contribution in [2.45, 2.75) is 39.3 Å². The molecule has 1 aromatic carbocycles. The van der Waals surface area contributed by atoms with Crippen molar-refractivity contribution in [2.24, 2.45) is 0 Å². The van der Waals surface area contributed by atoms with Crippen molar-refractivity contribution in [3.63, 3.8) is 0 Å². The van der Waals surface area contributed by atoms with Gasteiger partial charge in [0, 0.05) is 34.7 Å². The topological polar surface area (TPSA) is 91.8 Å². The van der Waals surface area contributed by atoms with E-state index in [1.54, 1.807) is 17.0 Å². The third-order valence-corrected chi connectivity index (χ3v) is 5.97. The van der Waals surface area contributed by atoms with Crippen LogP contribution >= 0.6 is 11.3 Å². The maximum absolute atomic E-state index is 12.6. The second-order valence-corrected chi connectivity index (χ2v) is 9.56. The molecule has 0 radical (unpaired) electrons. The molecule has 0 spiro atoms. The maximum Gasteiger partial charge on any atom is 0.410 e. The Morgan fingerprint density at radius 3 is 2.65 bits per heavy atom. The average molecular weight is 441 g/mol. The van der Waals surface area contributed by atoms with E-state index >= 15 is 0 Å². The molecule has 0 fully saturated rings. The number of nitrogens with one attached hydrogen (secondary N) is 1. The zero-order valence-corrected chi connectivity index (χ0v) is 18.5. The quantitative estimate of drug-likeness (QED) is 0.789. The van der Waals surface area contributed by atoms with Gasteiger partial charge >= 0.3 is 6.09 Å². The monoisotopic (exact) mass is 440 g/mol. The number of hydrogen-bond acceptors (Lipinski definition) is 6. The first-order valence-electron chi connectivity index (χ1n) is 9.99. The van der Waals surface area contributed by atoms with Gasteiger partial charge in [0.05, 0.1) is 12.2 Å². The Kier molecular flexibility index (Phi) is 5.30. The molecule has 2 aliphatic rings. The largest absolute Gasteiger partial charge is 0.444 e. The van der Waals surface area contributed by atoms with Gasteiger partial charge < -0.3 is 15.0 Å². The van der Waals surface area contributed by atoms with Crippen LogP contribution in [0, 0.1) is 0 Å². The van der Waals surface area contributed by atoms with Crippen LogP contribution < -0.4 is 5.32 Å². The second-order valence-electron chi connectivity index (χ2n) is 8.47. The van der Waals surface area contributed by atoms with Crippen molar-refractivity contribution in [1.29, 1.82) is 0 Å². The van der Waals surface area contributed by atoms with Gasteiger partial charge in [0.15, 0.2) is 5.13 Å². The molecule has 2 aromatic rings. The Morgan fingerprint density at radius 1 is 1.26 bits per heavy atom. The fourth-order valence-corrected chi connectivity index (χ4v) is 4.58. The lowest BCUT2D eigenvalue weighted by Crippen LogP contribution is -2.39. The van der Waals surface area contributed by atoms with E-state index in [1.165, 1.54) is 16.2 Å². The van der Waals surface area contributed by atoms with Gasteiger partial charge in [-0.05, 0) is 26.8 Å². The lowest BCUT2D eigenvalue weighted by molar-refractivity contribution is -0.116. The van der Waals surface area contributed by atoms with Gasteiger partial charge in [-0.2, -0.15) is 0 Å². The number of nitrogens with zero attached hydrogens (tertiary/aromatic N) is 3. The minimum atomic E-state index is -0.555. The molecule has 0 aliphatic carbocycles. The Hall–Kier alpha value is -3.20. The summed E-state index contributed by atoms with van der Waals surface area (Å²) in [6.45, 7) is 10.2. The molecule has 3 amide bonds. The van der Waals surface area contributed by atoms with Crippen LogP contribution in [0.5, 0.6) is 0 Å². The standard InChI is InChI=1S/C22H24N4O4S/c1-13-14-7-5-6-8-15(14)19(28)26(13)12-18(27)24-20-23-16-9-10-25(11-17(16)31-20)21(29)30-22(2,3)4/h5-8H,1,9-12H2,2-4H3,(H,23,24,27). The van der Waals surface area contributed by atoms with Crippen molar-refractivity contribution in [2.75, 3.05) is 18.4 Å². The van der Waals surface area contributed by atoms with Gasteiger partial charge in [-0.15, -0.1) is 0 Å². The second kappa shape index (κ2) is 7.81. The minimum Gasteiger partial charge on any atom is -0.444 e. The SMILES string of the molecule is C=C1c2ccccc2C(=O)N1CC(=O)Nc1nc2c(s1)CN(C(=O)OC(C)(C)C)CC2. The number of ether oxygens (including phenoxy) is 1. The summed E-state index contributed by atoms with van der Waals surface area (Å²) < 4.78 is 5.44. The van der Waals surface area contributed by atoms with E-state index in [0.717, 1.165) is 16.1 Å². The molecule has 4 rings (SSSR count). The van der Waals surface area contributed by atoms with Crippen LogP contribution in [0.4, 0.5) is 9.93 Å². The number of fused-ring (bicyclic) bond motifs is 2. The van der Waals surface area contributed by atoms with Gasteiger partial charge in [0.1, 0.15) is 12.1 Å². The molecule has 0 atom stereocenters. The molecular formula is C22H24N4O4S. The van der Waals surface area contributed by atoms with E-state index < -0.39 is 5.60 Å². The highest BCUT2D eigenvalue weighted by molar-refractivity contribution is 7.15. The molecule has 0 bridgehead atoms. The van der Waals surface area contributed by atoms with Crippen LogP contribution in [0.1, 0.15) is 47.3 Å². The molecule has 2 aliphatic heterocycles. The summed E-state index contributed by atoms with van der Waals surface area (Å²) in [5, 5.41) is 3.23. The lowest BCUT2D eigenvalue weighted by atomic mass is 10.1. The number of benzene rings is 1. The van der Waals surface area contributed by atoms with E-state index in [2.05, 4.69) is 16.9 Å². The van der Waals surface area contributed by atoms with Gasteiger partial charge in [-0.25, -0.2) is 9.78 Å². The van der Waals surface area contributed by atoms with E-state index in [1.807, 2.05) is 32.9 Å². The molecule has 3 heterocycles. The van der Waals surface area contributed by atoms with Crippen LogP contribution in [0.2, 0.25) is 0 Å². The normalized spacial score (nSPS) is 15.6. The van der Waals surface area contributed by atoms with Crippen molar-refractivity contribution >= 4 is 40.1 Å². The number of carbonyl (C=O) groups excluding carboxylic acids is 3. The van der Waals surface area contributed by atoms with Crippen LogP contribution in [0.25, 0.3) is 5.70 Å². The smallest absolute Gasteiger partial charge is 0.410 e.